The molecule has 0 aromatic heterocycles. The Morgan fingerprint density at radius 1 is 1.09 bits per heavy atom. The summed E-state index contributed by atoms with van der Waals surface area (Å²) in [5, 5.41) is 0. The Hall–Kier alpha value is -1.10. The van der Waals surface area contributed by atoms with Gasteiger partial charge in [-0.3, -0.25) is 9.59 Å². The molecule has 0 saturated carbocycles. The normalized spacial score (nSPS) is 25.0. The molecule has 1 spiro atoms. The van der Waals surface area contributed by atoms with E-state index in [0.717, 1.165) is 77.9 Å². The summed E-state index contributed by atoms with van der Waals surface area (Å²) in [4.78, 5) is 27.8. The molecular formula is C17H28N2O3. The van der Waals surface area contributed by atoms with Gasteiger partial charge in [0.25, 0.3) is 0 Å². The monoisotopic (exact) mass is 308 g/mol. The largest absolute Gasteiger partial charge is 0.381 e. The lowest BCUT2D eigenvalue weighted by Crippen LogP contribution is -2.45. The molecule has 0 atom stereocenters. The van der Waals surface area contributed by atoms with Gasteiger partial charge in [0.05, 0.1) is 0 Å². The fourth-order valence-electron chi connectivity index (χ4n) is 4.05. The SMILES string of the molecule is O=C1CCCN1CCCC(=O)N1CCC2(CCOCC2)CC1. The Labute approximate surface area is 133 Å². The molecular weight excluding hydrogens is 280 g/mol. The van der Waals surface area contributed by atoms with Crippen molar-refractivity contribution in [2.24, 2.45) is 5.41 Å². The molecule has 0 aromatic rings. The maximum absolute atomic E-state index is 12.3. The number of carbonyl (C=O) groups is 2. The fraction of sp³-hybridized carbons (Fsp3) is 0.882. The van der Waals surface area contributed by atoms with Gasteiger partial charge in [-0.05, 0) is 43.9 Å². The zero-order valence-corrected chi connectivity index (χ0v) is 13.5. The van der Waals surface area contributed by atoms with E-state index in [0.29, 0.717) is 18.3 Å². The topological polar surface area (TPSA) is 49.9 Å². The molecule has 5 nitrogen and oxygen atoms in total. The minimum absolute atomic E-state index is 0.256. The van der Waals surface area contributed by atoms with Gasteiger partial charge in [0.1, 0.15) is 0 Å². The van der Waals surface area contributed by atoms with Gasteiger partial charge in [0.15, 0.2) is 0 Å². The molecule has 0 unspecified atom stereocenters. The number of piperidine rings is 1. The van der Waals surface area contributed by atoms with Gasteiger partial charge >= 0.3 is 0 Å². The van der Waals surface area contributed by atoms with Gasteiger partial charge in [-0.15, -0.1) is 0 Å². The van der Waals surface area contributed by atoms with E-state index >= 15 is 0 Å². The van der Waals surface area contributed by atoms with Gasteiger partial charge in [-0.2, -0.15) is 0 Å². The first-order valence-corrected chi connectivity index (χ1v) is 8.82. The lowest BCUT2D eigenvalue weighted by molar-refractivity contribution is -0.135. The Bertz CT molecular complexity index is 408. The number of amides is 2. The van der Waals surface area contributed by atoms with Crippen molar-refractivity contribution in [3.05, 3.63) is 0 Å². The van der Waals surface area contributed by atoms with Crippen LogP contribution < -0.4 is 0 Å². The van der Waals surface area contributed by atoms with Crippen LogP contribution in [0.3, 0.4) is 0 Å². The maximum Gasteiger partial charge on any atom is 0.222 e. The number of nitrogens with zero attached hydrogens (tertiary/aromatic N) is 2. The van der Waals surface area contributed by atoms with Crippen LogP contribution in [0.5, 0.6) is 0 Å². The number of hydrogen-bond donors (Lipinski definition) is 0. The first-order valence-electron chi connectivity index (χ1n) is 8.82. The standard InChI is InChI=1S/C17H28N2O3/c20-15-3-1-9-18(15)10-2-4-16(21)19-11-5-17(6-12-19)7-13-22-14-8-17/h1-14H2. The average molecular weight is 308 g/mol. The van der Waals surface area contributed by atoms with E-state index in [9.17, 15) is 9.59 Å². The van der Waals surface area contributed by atoms with Crippen molar-refractivity contribution in [1.82, 2.24) is 9.80 Å². The van der Waals surface area contributed by atoms with Crippen molar-refractivity contribution < 1.29 is 14.3 Å². The Morgan fingerprint density at radius 2 is 1.82 bits per heavy atom. The maximum atomic E-state index is 12.3. The summed E-state index contributed by atoms with van der Waals surface area (Å²) in [6, 6.07) is 0. The van der Waals surface area contributed by atoms with Gasteiger partial charge < -0.3 is 14.5 Å². The number of rotatable bonds is 4. The number of carbonyl (C=O) groups excluding carboxylic acids is 2. The van der Waals surface area contributed by atoms with Gasteiger partial charge in [-0.1, -0.05) is 0 Å². The van der Waals surface area contributed by atoms with Crippen LogP contribution in [0.1, 0.15) is 51.4 Å². The van der Waals surface area contributed by atoms with E-state index in [1.807, 2.05) is 9.80 Å². The predicted molar refractivity (Wildman–Crippen MR) is 83.3 cm³/mol. The van der Waals surface area contributed by atoms with E-state index < -0.39 is 0 Å². The molecule has 0 aromatic carbocycles. The third-order valence-electron chi connectivity index (χ3n) is 5.72. The molecule has 3 aliphatic heterocycles. The van der Waals surface area contributed by atoms with Gasteiger partial charge in [0, 0.05) is 52.2 Å². The second kappa shape index (κ2) is 6.99. The zero-order chi connectivity index (χ0) is 15.4. The van der Waals surface area contributed by atoms with Crippen LogP contribution in [0.2, 0.25) is 0 Å². The molecule has 3 heterocycles. The third-order valence-corrected chi connectivity index (χ3v) is 5.72. The minimum atomic E-state index is 0.256. The molecule has 0 bridgehead atoms. The molecule has 0 aliphatic carbocycles. The summed E-state index contributed by atoms with van der Waals surface area (Å²) in [5.41, 5.74) is 0.441. The van der Waals surface area contributed by atoms with Crippen molar-refractivity contribution in [3.63, 3.8) is 0 Å². The lowest BCUT2D eigenvalue weighted by atomic mass is 9.72. The summed E-state index contributed by atoms with van der Waals surface area (Å²) in [6.45, 7) is 5.21. The third kappa shape index (κ3) is 3.62. The molecule has 2 amide bonds. The molecule has 3 saturated heterocycles. The Morgan fingerprint density at radius 3 is 2.45 bits per heavy atom. The van der Waals surface area contributed by atoms with E-state index in [1.54, 1.807) is 0 Å². The van der Waals surface area contributed by atoms with Crippen LogP contribution in [-0.4, -0.2) is 61.0 Å². The fourth-order valence-corrected chi connectivity index (χ4v) is 4.05. The quantitative estimate of drug-likeness (QED) is 0.796. The van der Waals surface area contributed by atoms with Crippen molar-refractivity contribution in [1.29, 1.82) is 0 Å². The molecule has 0 N–H and O–H groups in total. The van der Waals surface area contributed by atoms with Crippen LogP contribution in [0, 0.1) is 5.41 Å². The highest BCUT2D eigenvalue weighted by Gasteiger charge is 2.36. The van der Waals surface area contributed by atoms with E-state index in [2.05, 4.69) is 0 Å². The highest BCUT2D eigenvalue weighted by Crippen LogP contribution is 2.40. The van der Waals surface area contributed by atoms with Crippen LogP contribution in [0.25, 0.3) is 0 Å². The molecule has 22 heavy (non-hydrogen) atoms. The average Bonchev–Trinajstić information content (AvgIpc) is 2.94. The van der Waals surface area contributed by atoms with Gasteiger partial charge in [-0.25, -0.2) is 0 Å². The number of hydrogen-bond acceptors (Lipinski definition) is 3. The smallest absolute Gasteiger partial charge is 0.222 e. The van der Waals surface area contributed by atoms with Crippen molar-refractivity contribution in [3.8, 4) is 0 Å². The van der Waals surface area contributed by atoms with Gasteiger partial charge in [0.2, 0.25) is 11.8 Å². The molecule has 0 radical (unpaired) electrons. The predicted octanol–water partition coefficient (Wildman–Crippen LogP) is 1.81. The summed E-state index contributed by atoms with van der Waals surface area (Å²) in [7, 11) is 0. The molecule has 3 aliphatic rings. The van der Waals surface area contributed by atoms with Crippen molar-refractivity contribution in [2.75, 3.05) is 39.4 Å². The molecule has 3 fully saturated rings. The summed E-state index contributed by atoms with van der Waals surface area (Å²) >= 11 is 0. The van der Waals surface area contributed by atoms with Crippen LogP contribution in [0.4, 0.5) is 0 Å². The van der Waals surface area contributed by atoms with E-state index in [-0.39, 0.29) is 11.8 Å². The first-order chi connectivity index (χ1) is 10.7. The van der Waals surface area contributed by atoms with E-state index in [4.69, 9.17) is 4.74 Å². The van der Waals surface area contributed by atoms with E-state index in [1.165, 1.54) is 0 Å². The second-order valence-corrected chi connectivity index (χ2v) is 7.08. The molecule has 3 rings (SSSR count). The van der Waals surface area contributed by atoms with Crippen LogP contribution in [-0.2, 0) is 14.3 Å². The minimum Gasteiger partial charge on any atom is -0.381 e. The first kappa shape index (κ1) is 15.8. The molecule has 124 valence electrons. The number of ether oxygens (including phenoxy) is 1. The van der Waals surface area contributed by atoms with Crippen LogP contribution >= 0.6 is 0 Å². The van der Waals surface area contributed by atoms with Crippen molar-refractivity contribution >= 4 is 11.8 Å². The zero-order valence-electron chi connectivity index (χ0n) is 13.5. The Balaban J connectivity index is 1.37. The number of likely N-dealkylation sites (tertiary alicyclic amines) is 2. The van der Waals surface area contributed by atoms with Crippen LogP contribution in [0.15, 0.2) is 0 Å². The highest BCUT2D eigenvalue weighted by molar-refractivity contribution is 5.78. The Kier molecular flexibility index (Phi) is 5.01. The molecule has 5 heteroatoms. The summed E-state index contributed by atoms with van der Waals surface area (Å²) in [6.07, 6.45) is 7.63. The second-order valence-electron chi connectivity index (χ2n) is 7.08. The highest BCUT2D eigenvalue weighted by atomic mass is 16.5. The summed E-state index contributed by atoms with van der Waals surface area (Å²) in [5.74, 6) is 0.528. The van der Waals surface area contributed by atoms with Crippen molar-refractivity contribution in [2.45, 2.75) is 51.4 Å². The summed E-state index contributed by atoms with van der Waals surface area (Å²) < 4.78 is 5.47. The lowest BCUT2D eigenvalue weighted by Gasteiger charge is -2.44.